The number of rotatable bonds is 5. The number of nitrogens with one attached hydrogen (secondary N) is 1. The lowest BCUT2D eigenvalue weighted by Crippen LogP contribution is -2.35. The van der Waals surface area contributed by atoms with Gasteiger partial charge in [0.15, 0.2) is 0 Å². The largest absolute Gasteiger partial charge is 0.317 e. The Kier molecular flexibility index (Phi) is 7.33. The van der Waals surface area contributed by atoms with Gasteiger partial charge in [0.05, 0.1) is 0 Å². The average molecular weight is 269 g/mol. The van der Waals surface area contributed by atoms with Gasteiger partial charge in [-0.3, -0.25) is 0 Å². The molecule has 0 radical (unpaired) electrons. The zero-order valence-corrected chi connectivity index (χ0v) is 12.1. The van der Waals surface area contributed by atoms with Crippen molar-refractivity contribution >= 4 is 12.4 Å². The maximum Gasteiger partial charge on any atom is 0.00189 e. The third kappa shape index (κ3) is 5.38. The van der Waals surface area contributed by atoms with Crippen LogP contribution in [0.1, 0.15) is 18.4 Å². The van der Waals surface area contributed by atoms with E-state index in [0.717, 1.165) is 5.92 Å². The molecule has 0 aromatic heterocycles. The Labute approximate surface area is 117 Å². The highest BCUT2D eigenvalue weighted by Gasteiger charge is 2.14. The normalized spacial score (nSPS) is 16.6. The summed E-state index contributed by atoms with van der Waals surface area (Å²) < 4.78 is 0. The smallest absolute Gasteiger partial charge is 0.00189 e. The Morgan fingerprint density at radius 1 is 1.17 bits per heavy atom. The molecule has 102 valence electrons. The first-order chi connectivity index (χ1) is 8.34. The van der Waals surface area contributed by atoms with Gasteiger partial charge in [-0.25, -0.2) is 0 Å². The van der Waals surface area contributed by atoms with Crippen LogP contribution < -0.4 is 5.32 Å². The summed E-state index contributed by atoms with van der Waals surface area (Å²) in [5.41, 5.74) is 1.45. The monoisotopic (exact) mass is 268 g/mol. The summed E-state index contributed by atoms with van der Waals surface area (Å²) in [7, 11) is 2.25. The average Bonchev–Trinajstić information content (AvgIpc) is 2.39. The van der Waals surface area contributed by atoms with E-state index in [1.54, 1.807) is 0 Å². The predicted molar refractivity (Wildman–Crippen MR) is 80.5 cm³/mol. The summed E-state index contributed by atoms with van der Waals surface area (Å²) >= 11 is 0. The highest BCUT2D eigenvalue weighted by Crippen LogP contribution is 2.12. The van der Waals surface area contributed by atoms with Crippen LogP contribution in [-0.4, -0.2) is 38.1 Å². The Bertz CT molecular complexity index is 310. The van der Waals surface area contributed by atoms with Gasteiger partial charge in [0.2, 0.25) is 0 Å². The highest BCUT2D eigenvalue weighted by atomic mass is 35.5. The molecule has 0 saturated carbocycles. The maximum atomic E-state index is 3.43. The fourth-order valence-corrected chi connectivity index (χ4v) is 2.56. The van der Waals surface area contributed by atoms with Crippen LogP contribution in [0.15, 0.2) is 30.3 Å². The van der Waals surface area contributed by atoms with Crippen molar-refractivity contribution in [2.24, 2.45) is 5.92 Å². The minimum atomic E-state index is 0. The summed E-state index contributed by atoms with van der Waals surface area (Å²) in [6.45, 7) is 4.84. The van der Waals surface area contributed by atoms with E-state index in [0.29, 0.717) is 0 Å². The summed E-state index contributed by atoms with van der Waals surface area (Å²) in [6, 6.07) is 10.8. The first-order valence-electron chi connectivity index (χ1n) is 6.78. The molecule has 1 aliphatic rings. The molecular formula is C15H25ClN2. The van der Waals surface area contributed by atoms with Crippen LogP contribution in [0.2, 0.25) is 0 Å². The van der Waals surface area contributed by atoms with Gasteiger partial charge in [-0.1, -0.05) is 30.3 Å². The SMILES string of the molecule is CN(CCc1ccccc1)CC1CCNCC1.Cl. The molecule has 2 rings (SSSR count). The molecule has 0 aliphatic carbocycles. The van der Waals surface area contributed by atoms with Gasteiger partial charge in [-0.2, -0.15) is 0 Å². The topological polar surface area (TPSA) is 15.3 Å². The Balaban J connectivity index is 0.00000162. The van der Waals surface area contributed by atoms with E-state index >= 15 is 0 Å². The van der Waals surface area contributed by atoms with Crippen LogP contribution in [-0.2, 0) is 6.42 Å². The lowest BCUT2D eigenvalue weighted by Gasteiger charge is -2.27. The zero-order chi connectivity index (χ0) is 11.9. The highest BCUT2D eigenvalue weighted by molar-refractivity contribution is 5.85. The van der Waals surface area contributed by atoms with E-state index in [9.17, 15) is 0 Å². The number of hydrogen-bond donors (Lipinski definition) is 1. The number of benzene rings is 1. The molecule has 1 N–H and O–H groups in total. The molecule has 0 amide bonds. The van der Waals surface area contributed by atoms with Crippen molar-refractivity contribution < 1.29 is 0 Å². The molecule has 1 saturated heterocycles. The third-order valence-electron chi connectivity index (χ3n) is 3.65. The van der Waals surface area contributed by atoms with Crippen LogP contribution in [0.25, 0.3) is 0 Å². The Morgan fingerprint density at radius 2 is 1.83 bits per heavy atom. The summed E-state index contributed by atoms with van der Waals surface area (Å²) in [5, 5.41) is 3.43. The maximum absolute atomic E-state index is 3.43. The fraction of sp³-hybridized carbons (Fsp3) is 0.600. The van der Waals surface area contributed by atoms with Crippen molar-refractivity contribution in [1.82, 2.24) is 10.2 Å². The second-order valence-electron chi connectivity index (χ2n) is 5.19. The summed E-state index contributed by atoms with van der Waals surface area (Å²) in [6.07, 6.45) is 3.85. The molecule has 1 aromatic carbocycles. The van der Waals surface area contributed by atoms with Gasteiger partial charge in [-0.05, 0) is 50.9 Å². The Morgan fingerprint density at radius 3 is 2.50 bits per heavy atom. The van der Waals surface area contributed by atoms with Gasteiger partial charge >= 0.3 is 0 Å². The van der Waals surface area contributed by atoms with E-state index < -0.39 is 0 Å². The van der Waals surface area contributed by atoms with Crippen LogP contribution in [0.3, 0.4) is 0 Å². The van der Waals surface area contributed by atoms with Crippen LogP contribution in [0.5, 0.6) is 0 Å². The van der Waals surface area contributed by atoms with Crippen molar-refractivity contribution in [3.63, 3.8) is 0 Å². The molecule has 0 unspecified atom stereocenters. The molecule has 0 bridgehead atoms. The first kappa shape index (κ1) is 15.5. The molecule has 1 fully saturated rings. The zero-order valence-electron chi connectivity index (χ0n) is 11.3. The number of nitrogens with zero attached hydrogens (tertiary/aromatic N) is 1. The molecule has 1 aromatic rings. The van der Waals surface area contributed by atoms with Crippen molar-refractivity contribution in [2.75, 3.05) is 33.2 Å². The van der Waals surface area contributed by atoms with Crippen molar-refractivity contribution in [3.05, 3.63) is 35.9 Å². The van der Waals surface area contributed by atoms with Crippen LogP contribution in [0.4, 0.5) is 0 Å². The van der Waals surface area contributed by atoms with E-state index in [1.165, 1.54) is 51.0 Å². The van der Waals surface area contributed by atoms with E-state index in [2.05, 4.69) is 47.6 Å². The van der Waals surface area contributed by atoms with Gasteiger partial charge in [-0.15, -0.1) is 12.4 Å². The lowest BCUT2D eigenvalue weighted by molar-refractivity contribution is 0.242. The van der Waals surface area contributed by atoms with Gasteiger partial charge in [0, 0.05) is 13.1 Å². The van der Waals surface area contributed by atoms with Gasteiger partial charge < -0.3 is 10.2 Å². The van der Waals surface area contributed by atoms with Crippen LogP contribution in [0, 0.1) is 5.92 Å². The number of hydrogen-bond acceptors (Lipinski definition) is 2. The number of piperidine rings is 1. The molecule has 3 heteroatoms. The standard InChI is InChI=1S/C15H24N2.ClH/c1-17(13-15-7-10-16-11-8-15)12-9-14-5-3-2-4-6-14;/h2-6,15-16H,7-13H2,1H3;1H. The second kappa shape index (κ2) is 8.52. The quantitative estimate of drug-likeness (QED) is 0.883. The molecule has 1 aliphatic heterocycles. The lowest BCUT2D eigenvalue weighted by atomic mass is 9.97. The molecule has 18 heavy (non-hydrogen) atoms. The molecular weight excluding hydrogens is 244 g/mol. The van der Waals surface area contributed by atoms with Gasteiger partial charge in [0.1, 0.15) is 0 Å². The third-order valence-corrected chi connectivity index (χ3v) is 3.65. The van der Waals surface area contributed by atoms with E-state index in [-0.39, 0.29) is 12.4 Å². The summed E-state index contributed by atoms with van der Waals surface area (Å²) in [5.74, 6) is 0.900. The molecule has 0 spiro atoms. The van der Waals surface area contributed by atoms with Gasteiger partial charge in [0.25, 0.3) is 0 Å². The molecule has 1 heterocycles. The number of halogens is 1. The Hall–Kier alpha value is -0.570. The molecule has 0 atom stereocenters. The second-order valence-corrected chi connectivity index (χ2v) is 5.19. The fourth-order valence-electron chi connectivity index (χ4n) is 2.56. The van der Waals surface area contributed by atoms with E-state index in [4.69, 9.17) is 0 Å². The number of likely N-dealkylation sites (N-methyl/N-ethyl adjacent to an activating group) is 1. The predicted octanol–water partition coefficient (Wildman–Crippen LogP) is 2.58. The van der Waals surface area contributed by atoms with Crippen LogP contribution >= 0.6 is 12.4 Å². The minimum absolute atomic E-state index is 0. The van der Waals surface area contributed by atoms with Crippen molar-refractivity contribution in [3.8, 4) is 0 Å². The minimum Gasteiger partial charge on any atom is -0.317 e. The van der Waals surface area contributed by atoms with Crippen molar-refractivity contribution in [1.29, 1.82) is 0 Å². The first-order valence-corrected chi connectivity index (χ1v) is 6.78. The van der Waals surface area contributed by atoms with Crippen molar-refractivity contribution in [2.45, 2.75) is 19.3 Å². The van der Waals surface area contributed by atoms with E-state index in [1.807, 2.05) is 0 Å². The summed E-state index contributed by atoms with van der Waals surface area (Å²) in [4.78, 5) is 2.49. The molecule has 2 nitrogen and oxygen atoms in total.